The second kappa shape index (κ2) is 7.48. The number of hydrogen-bond acceptors (Lipinski definition) is 5. The molecule has 0 radical (unpaired) electrons. The van der Waals surface area contributed by atoms with Crippen LogP contribution in [0.1, 0.15) is 24.4 Å². The maximum absolute atomic E-state index is 13.2. The summed E-state index contributed by atoms with van der Waals surface area (Å²) in [6.07, 6.45) is 1.32. The van der Waals surface area contributed by atoms with Crippen molar-refractivity contribution in [2.24, 2.45) is 0 Å². The van der Waals surface area contributed by atoms with Crippen molar-refractivity contribution >= 4 is 20.8 Å². The smallest absolute Gasteiger partial charge is 0.243 e. The fourth-order valence-electron chi connectivity index (χ4n) is 3.61. The van der Waals surface area contributed by atoms with Gasteiger partial charge in [0.15, 0.2) is 0 Å². The molecule has 0 bridgehead atoms. The number of piperidine rings is 1. The van der Waals surface area contributed by atoms with Crippen molar-refractivity contribution in [1.29, 1.82) is 0 Å². The maximum Gasteiger partial charge on any atom is 0.243 e. The van der Waals surface area contributed by atoms with Crippen molar-refractivity contribution < 1.29 is 13.2 Å². The van der Waals surface area contributed by atoms with E-state index in [0.29, 0.717) is 29.7 Å². The summed E-state index contributed by atoms with van der Waals surface area (Å²) in [5.41, 5.74) is 0.832. The standard InChI is InChI=1S/C21H23N3O3S/c1-15-12-21(23-16(2)22-15)27-19-8-5-11-24(14-19)28(25,26)20-10-9-17-6-3-4-7-18(17)13-20/h3-4,6-7,9-10,12-13,19H,5,8,11,14H2,1-2H3. The lowest BCUT2D eigenvalue weighted by molar-refractivity contribution is 0.124. The number of aryl methyl sites for hydroxylation is 2. The molecule has 0 saturated carbocycles. The molecule has 0 spiro atoms. The first kappa shape index (κ1) is 18.8. The molecule has 1 unspecified atom stereocenters. The third-order valence-corrected chi connectivity index (χ3v) is 6.79. The van der Waals surface area contributed by atoms with Gasteiger partial charge in [-0.1, -0.05) is 30.3 Å². The van der Waals surface area contributed by atoms with Gasteiger partial charge in [-0.25, -0.2) is 13.4 Å². The van der Waals surface area contributed by atoms with Crippen molar-refractivity contribution in [2.45, 2.75) is 37.7 Å². The third-order valence-electron chi connectivity index (χ3n) is 4.93. The molecule has 1 aliphatic heterocycles. The van der Waals surface area contributed by atoms with Gasteiger partial charge in [-0.15, -0.1) is 0 Å². The first-order valence-electron chi connectivity index (χ1n) is 9.40. The van der Waals surface area contributed by atoms with Crippen LogP contribution in [0, 0.1) is 13.8 Å². The summed E-state index contributed by atoms with van der Waals surface area (Å²) in [6.45, 7) is 4.52. The van der Waals surface area contributed by atoms with Gasteiger partial charge >= 0.3 is 0 Å². The van der Waals surface area contributed by atoms with Gasteiger partial charge in [0.1, 0.15) is 11.9 Å². The van der Waals surface area contributed by atoms with E-state index in [2.05, 4.69) is 9.97 Å². The predicted molar refractivity (Wildman–Crippen MR) is 108 cm³/mol. The van der Waals surface area contributed by atoms with Crippen LogP contribution >= 0.6 is 0 Å². The Labute approximate surface area is 165 Å². The van der Waals surface area contributed by atoms with Gasteiger partial charge in [0.05, 0.1) is 11.4 Å². The zero-order chi connectivity index (χ0) is 19.7. The Hall–Kier alpha value is -2.51. The van der Waals surface area contributed by atoms with Crippen molar-refractivity contribution in [2.75, 3.05) is 13.1 Å². The molecule has 1 aromatic heterocycles. The fourth-order valence-corrected chi connectivity index (χ4v) is 5.16. The molecule has 1 fully saturated rings. The van der Waals surface area contributed by atoms with Gasteiger partial charge in [-0.3, -0.25) is 0 Å². The van der Waals surface area contributed by atoms with E-state index in [9.17, 15) is 8.42 Å². The van der Waals surface area contributed by atoms with Gasteiger partial charge in [-0.2, -0.15) is 9.29 Å². The summed E-state index contributed by atoms with van der Waals surface area (Å²) in [6, 6.07) is 14.8. The van der Waals surface area contributed by atoms with Crippen molar-refractivity contribution in [3.8, 4) is 5.88 Å². The van der Waals surface area contributed by atoms with Crippen molar-refractivity contribution in [3.63, 3.8) is 0 Å². The zero-order valence-corrected chi connectivity index (χ0v) is 16.8. The van der Waals surface area contributed by atoms with Crippen LogP contribution in [0.25, 0.3) is 10.8 Å². The van der Waals surface area contributed by atoms with Gasteiger partial charge in [0.25, 0.3) is 0 Å². The lowest BCUT2D eigenvalue weighted by Crippen LogP contribution is -2.44. The van der Waals surface area contributed by atoms with Crippen molar-refractivity contribution in [1.82, 2.24) is 14.3 Å². The number of aromatic nitrogens is 2. The number of fused-ring (bicyclic) bond motifs is 1. The third kappa shape index (κ3) is 3.86. The van der Waals surface area contributed by atoms with Gasteiger partial charge in [0.2, 0.25) is 15.9 Å². The molecule has 1 saturated heterocycles. The van der Waals surface area contributed by atoms with E-state index in [4.69, 9.17) is 4.74 Å². The highest BCUT2D eigenvalue weighted by molar-refractivity contribution is 7.89. The largest absolute Gasteiger partial charge is 0.473 e. The molecule has 2 aromatic carbocycles. The number of nitrogens with zero attached hydrogens (tertiary/aromatic N) is 3. The quantitative estimate of drug-likeness (QED) is 0.674. The molecule has 28 heavy (non-hydrogen) atoms. The summed E-state index contributed by atoms with van der Waals surface area (Å²) in [5.74, 6) is 1.14. The summed E-state index contributed by atoms with van der Waals surface area (Å²) < 4.78 is 33.9. The summed E-state index contributed by atoms with van der Waals surface area (Å²) in [4.78, 5) is 8.88. The normalized spacial score (nSPS) is 18.3. The minimum Gasteiger partial charge on any atom is -0.473 e. The highest BCUT2D eigenvalue weighted by Crippen LogP contribution is 2.26. The predicted octanol–water partition coefficient (Wildman–Crippen LogP) is 3.48. The minimum absolute atomic E-state index is 0.224. The Balaban J connectivity index is 1.55. The Morgan fingerprint density at radius 1 is 1.04 bits per heavy atom. The van der Waals surface area contributed by atoms with Gasteiger partial charge in [-0.05, 0) is 49.6 Å². The average Bonchev–Trinajstić information content (AvgIpc) is 2.67. The van der Waals surface area contributed by atoms with E-state index in [1.54, 1.807) is 18.2 Å². The number of ether oxygens (including phenoxy) is 1. The van der Waals surface area contributed by atoms with E-state index in [1.807, 2.05) is 44.2 Å². The molecule has 3 aromatic rings. The van der Waals surface area contributed by atoms with E-state index >= 15 is 0 Å². The number of sulfonamides is 1. The van der Waals surface area contributed by atoms with E-state index in [-0.39, 0.29) is 6.10 Å². The lowest BCUT2D eigenvalue weighted by atomic mass is 10.1. The first-order valence-corrected chi connectivity index (χ1v) is 10.8. The van der Waals surface area contributed by atoms with Crippen LogP contribution in [0.3, 0.4) is 0 Å². The molecule has 0 N–H and O–H groups in total. The highest BCUT2D eigenvalue weighted by atomic mass is 32.2. The second-order valence-corrected chi connectivity index (χ2v) is 9.09. The number of hydrogen-bond donors (Lipinski definition) is 0. The SMILES string of the molecule is Cc1cc(OC2CCCN(S(=O)(=O)c3ccc4ccccc4c3)C2)nc(C)n1. The summed E-state index contributed by atoms with van der Waals surface area (Å²) in [7, 11) is -3.57. The van der Waals surface area contributed by atoms with Crippen LogP contribution in [-0.4, -0.2) is 41.9 Å². The zero-order valence-electron chi connectivity index (χ0n) is 16.0. The Kier molecular flexibility index (Phi) is 5.03. The first-order chi connectivity index (χ1) is 13.4. The molecule has 4 rings (SSSR count). The number of rotatable bonds is 4. The lowest BCUT2D eigenvalue weighted by Gasteiger charge is -2.32. The molecule has 0 aliphatic carbocycles. The summed E-state index contributed by atoms with van der Waals surface area (Å²) >= 11 is 0. The van der Waals surface area contributed by atoms with Crippen LogP contribution in [0.2, 0.25) is 0 Å². The van der Waals surface area contributed by atoms with Crippen LogP contribution in [0.4, 0.5) is 0 Å². The molecule has 7 heteroatoms. The van der Waals surface area contributed by atoms with Crippen LogP contribution in [0.5, 0.6) is 5.88 Å². The van der Waals surface area contributed by atoms with Crippen LogP contribution in [0.15, 0.2) is 53.4 Å². The summed E-state index contributed by atoms with van der Waals surface area (Å²) in [5, 5.41) is 1.94. The van der Waals surface area contributed by atoms with Crippen LogP contribution in [-0.2, 0) is 10.0 Å². The highest BCUT2D eigenvalue weighted by Gasteiger charge is 2.31. The Morgan fingerprint density at radius 3 is 2.61 bits per heavy atom. The molecule has 6 nitrogen and oxygen atoms in total. The van der Waals surface area contributed by atoms with Gasteiger partial charge in [0, 0.05) is 18.3 Å². The van der Waals surface area contributed by atoms with E-state index in [0.717, 1.165) is 29.3 Å². The Bertz CT molecular complexity index is 1090. The maximum atomic E-state index is 13.2. The molecule has 146 valence electrons. The van der Waals surface area contributed by atoms with E-state index < -0.39 is 10.0 Å². The van der Waals surface area contributed by atoms with Crippen molar-refractivity contribution in [3.05, 3.63) is 60.0 Å². The minimum atomic E-state index is -3.57. The molecular weight excluding hydrogens is 374 g/mol. The second-order valence-electron chi connectivity index (χ2n) is 7.15. The average molecular weight is 398 g/mol. The van der Waals surface area contributed by atoms with Crippen LogP contribution < -0.4 is 4.74 Å². The van der Waals surface area contributed by atoms with E-state index in [1.165, 1.54) is 4.31 Å². The molecular formula is C21H23N3O3S. The Morgan fingerprint density at radius 2 is 1.82 bits per heavy atom. The topological polar surface area (TPSA) is 72.4 Å². The molecule has 1 atom stereocenters. The molecule has 0 amide bonds. The molecule has 1 aliphatic rings. The number of benzene rings is 2. The molecule has 2 heterocycles. The monoisotopic (exact) mass is 397 g/mol. The fraction of sp³-hybridized carbons (Fsp3) is 0.333. The van der Waals surface area contributed by atoms with Gasteiger partial charge < -0.3 is 4.74 Å².